The van der Waals surface area contributed by atoms with E-state index in [1.165, 1.54) is 12.5 Å². The SMILES string of the molecule is N#COC(=O)CCCC(=O)OC#N. The quantitative estimate of drug-likeness (QED) is 0.454. The zero-order chi connectivity index (χ0) is 10.1. The summed E-state index contributed by atoms with van der Waals surface area (Å²) in [5, 5.41) is 15.8. The van der Waals surface area contributed by atoms with Gasteiger partial charge in [0.1, 0.15) is 0 Å². The van der Waals surface area contributed by atoms with E-state index in [1.807, 2.05) is 0 Å². The van der Waals surface area contributed by atoms with Crippen molar-refractivity contribution < 1.29 is 19.1 Å². The lowest BCUT2D eigenvalue weighted by molar-refractivity contribution is -0.138. The third-order valence-corrected chi connectivity index (χ3v) is 1.08. The topological polar surface area (TPSA) is 100 Å². The molecule has 0 amide bonds. The molecule has 0 aromatic heterocycles. The Bertz CT molecular complexity index is 245. The van der Waals surface area contributed by atoms with E-state index in [2.05, 4.69) is 9.47 Å². The summed E-state index contributed by atoms with van der Waals surface area (Å²) in [6.45, 7) is 0. The molecule has 6 nitrogen and oxygen atoms in total. The fourth-order valence-corrected chi connectivity index (χ4v) is 0.581. The summed E-state index contributed by atoms with van der Waals surface area (Å²) in [4.78, 5) is 21.0. The predicted octanol–water partition coefficient (Wildman–Crippen LogP) is 0.205. The van der Waals surface area contributed by atoms with Crippen LogP contribution in [0.3, 0.4) is 0 Å². The first-order chi connectivity index (χ1) is 6.20. The van der Waals surface area contributed by atoms with Crippen molar-refractivity contribution in [1.82, 2.24) is 0 Å². The van der Waals surface area contributed by atoms with Crippen LogP contribution in [0, 0.1) is 23.0 Å². The third kappa shape index (κ3) is 6.32. The highest BCUT2D eigenvalue weighted by Gasteiger charge is 2.06. The zero-order valence-electron chi connectivity index (χ0n) is 6.65. The maximum Gasteiger partial charge on any atom is 0.321 e. The van der Waals surface area contributed by atoms with E-state index in [1.54, 1.807) is 0 Å². The van der Waals surface area contributed by atoms with Crippen molar-refractivity contribution in [2.75, 3.05) is 0 Å². The van der Waals surface area contributed by atoms with Gasteiger partial charge in [-0.3, -0.25) is 9.59 Å². The first-order valence-electron chi connectivity index (χ1n) is 3.38. The molecule has 0 bridgehead atoms. The Balaban J connectivity index is 3.47. The first kappa shape index (κ1) is 10.9. The molecule has 0 aliphatic rings. The van der Waals surface area contributed by atoms with Gasteiger partial charge in [-0.15, -0.1) is 10.5 Å². The number of ether oxygens (including phenoxy) is 2. The molecule has 6 heteroatoms. The second-order valence-corrected chi connectivity index (χ2v) is 1.98. The lowest BCUT2D eigenvalue weighted by Crippen LogP contribution is -2.03. The summed E-state index contributed by atoms with van der Waals surface area (Å²) in [5.41, 5.74) is 0. The second-order valence-electron chi connectivity index (χ2n) is 1.98. The van der Waals surface area contributed by atoms with Crippen molar-refractivity contribution in [2.45, 2.75) is 19.3 Å². The number of hydrogen-bond donors (Lipinski definition) is 0. The summed E-state index contributed by atoms with van der Waals surface area (Å²) < 4.78 is 7.87. The average molecular weight is 182 g/mol. The van der Waals surface area contributed by atoms with Gasteiger partial charge >= 0.3 is 11.9 Å². The maximum absolute atomic E-state index is 10.5. The van der Waals surface area contributed by atoms with Crippen molar-refractivity contribution in [3.8, 4) is 12.5 Å². The molecule has 0 aliphatic carbocycles. The number of hydrogen-bond acceptors (Lipinski definition) is 6. The molecule has 0 heterocycles. The van der Waals surface area contributed by atoms with E-state index < -0.39 is 11.9 Å². The molecule has 0 radical (unpaired) electrons. The first-order valence-corrected chi connectivity index (χ1v) is 3.38. The van der Waals surface area contributed by atoms with Crippen LogP contribution in [0.1, 0.15) is 19.3 Å². The maximum atomic E-state index is 10.5. The van der Waals surface area contributed by atoms with E-state index in [9.17, 15) is 9.59 Å². The predicted molar refractivity (Wildman–Crippen MR) is 37.3 cm³/mol. The van der Waals surface area contributed by atoms with Crippen LogP contribution in [0.5, 0.6) is 0 Å². The minimum Gasteiger partial charge on any atom is -0.351 e. The Morgan fingerprint density at radius 3 is 1.69 bits per heavy atom. The van der Waals surface area contributed by atoms with Gasteiger partial charge in [0, 0.05) is 12.8 Å². The molecular formula is C7H6N2O4. The Kier molecular flexibility index (Phi) is 5.56. The van der Waals surface area contributed by atoms with Crippen molar-refractivity contribution in [1.29, 1.82) is 10.5 Å². The monoisotopic (exact) mass is 182 g/mol. The Labute approximate surface area is 74.3 Å². The zero-order valence-corrected chi connectivity index (χ0v) is 6.65. The minimum atomic E-state index is -0.702. The van der Waals surface area contributed by atoms with Crippen LogP contribution >= 0.6 is 0 Å². The van der Waals surface area contributed by atoms with Gasteiger partial charge in [0.05, 0.1) is 0 Å². The molecule has 0 rings (SSSR count). The molecule has 13 heavy (non-hydrogen) atoms. The van der Waals surface area contributed by atoms with Crippen molar-refractivity contribution >= 4 is 11.9 Å². The summed E-state index contributed by atoms with van der Waals surface area (Å²) in [6.07, 6.45) is 2.53. The smallest absolute Gasteiger partial charge is 0.321 e. The highest BCUT2D eigenvalue weighted by Crippen LogP contribution is 1.98. The van der Waals surface area contributed by atoms with Crippen LogP contribution in [-0.4, -0.2) is 11.9 Å². The van der Waals surface area contributed by atoms with Gasteiger partial charge < -0.3 is 9.47 Å². The number of carbonyl (C=O) groups excluding carboxylic acids is 2. The normalized spacial score (nSPS) is 7.85. The van der Waals surface area contributed by atoms with Crippen molar-refractivity contribution in [3.05, 3.63) is 0 Å². The minimum absolute atomic E-state index is 0.0475. The lowest BCUT2D eigenvalue weighted by atomic mass is 10.2. The summed E-state index contributed by atoms with van der Waals surface area (Å²) in [7, 11) is 0. The van der Waals surface area contributed by atoms with Gasteiger partial charge in [-0.05, 0) is 6.42 Å². The van der Waals surface area contributed by atoms with E-state index >= 15 is 0 Å². The standard InChI is InChI=1S/C7H6N2O4/c8-4-12-6(10)2-1-3-7(11)13-5-9/h1-3H2. The van der Waals surface area contributed by atoms with Crippen molar-refractivity contribution in [2.24, 2.45) is 0 Å². The van der Waals surface area contributed by atoms with Crippen LogP contribution in [0.2, 0.25) is 0 Å². The number of nitriles is 2. The second kappa shape index (κ2) is 6.62. The highest BCUT2D eigenvalue weighted by molar-refractivity contribution is 5.73. The van der Waals surface area contributed by atoms with E-state index in [0.29, 0.717) is 0 Å². The highest BCUT2D eigenvalue weighted by atomic mass is 16.5. The largest absolute Gasteiger partial charge is 0.351 e. The lowest BCUT2D eigenvalue weighted by Gasteiger charge is -1.94. The van der Waals surface area contributed by atoms with Crippen LogP contribution in [0.15, 0.2) is 0 Å². The molecule has 0 fully saturated rings. The molecule has 0 aromatic rings. The molecule has 0 saturated heterocycles. The molecule has 0 unspecified atom stereocenters. The van der Waals surface area contributed by atoms with Crippen molar-refractivity contribution in [3.63, 3.8) is 0 Å². The third-order valence-electron chi connectivity index (χ3n) is 1.08. The molecule has 0 spiro atoms. The van der Waals surface area contributed by atoms with Gasteiger partial charge in [-0.25, -0.2) is 0 Å². The van der Waals surface area contributed by atoms with Gasteiger partial charge in [0.2, 0.25) is 0 Å². The van der Waals surface area contributed by atoms with Gasteiger partial charge in [-0.1, -0.05) is 0 Å². The van der Waals surface area contributed by atoms with E-state index in [4.69, 9.17) is 10.5 Å². The van der Waals surface area contributed by atoms with Gasteiger partial charge in [0.25, 0.3) is 12.5 Å². The molecule has 0 atom stereocenters. The average Bonchev–Trinajstić information content (AvgIpc) is 2.05. The Morgan fingerprint density at radius 1 is 1.00 bits per heavy atom. The molecule has 0 N–H and O–H groups in total. The Hall–Kier alpha value is -2.08. The Morgan fingerprint density at radius 2 is 1.38 bits per heavy atom. The van der Waals surface area contributed by atoms with Crippen LogP contribution < -0.4 is 0 Å². The fraction of sp³-hybridized carbons (Fsp3) is 0.429. The molecule has 68 valence electrons. The summed E-state index contributed by atoms with van der Waals surface area (Å²) in [6, 6.07) is 0. The van der Waals surface area contributed by atoms with Gasteiger partial charge in [-0.2, -0.15) is 0 Å². The number of esters is 2. The van der Waals surface area contributed by atoms with E-state index in [-0.39, 0.29) is 19.3 Å². The fourth-order valence-electron chi connectivity index (χ4n) is 0.581. The molecule has 0 aromatic carbocycles. The molecular weight excluding hydrogens is 176 g/mol. The number of carbonyl (C=O) groups is 2. The summed E-state index contributed by atoms with van der Waals surface area (Å²) >= 11 is 0. The molecule has 0 aliphatic heterocycles. The van der Waals surface area contributed by atoms with Crippen LogP contribution in [0.4, 0.5) is 0 Å². The number of rotatable bonds is 4. The van der Waals surface area contributed by atoms with E-state index in [0.717, 1.165) is 0 Å². The molecule has 0 saturated carbocycles. The summed E-state index contributed by atoms with van der Waals surface area (Å²) in [5.74, 6) is -1.40. The van der Waals surface area contributed by atoms with Gasteiger partial charge in [0.15, 0.2) is 0 Å². The number of nitrogens with zero attached hydrogens (tertiary/aromatic N) is 2. The van der Waals surface area contributed by atoms with Crippen LogP contribution in [0.25, 0.3) is 0 Å². The van der Waals surface area contributed by atoms with Crippen LogP contribution in [-0.2, 0) is 19.1 Å².